The predicted octanol–water partition coefficient (Wildman–Crippen LogP) is 3.36. The molecule has 0 aromatic carbocycles. The summed E-state index contributed by atoms with van der Waals surface area (Å²) in [6.45, 7) is 2.04. The maximum atomic E-state index is 13.6. The van der Waals surface area contributed by atoms with Crippen LogP contribution in [0.25, 0.3) is 0 Å². The average Bonchev–Trinajstić information content (AvgIpc) is 2.54. The normalized spacial score (nSPS) is 13.5. The van der Waals surface area contributed by atoms with Crippen LogP contribution < -0.4 is 10.6 Å². The van der Waals surface area contributed by atoms with Gasteiger partial charge in [0, 0.05) is 13.1 Å². The number of alkyl halides is 8. The molecule has 0 aliphatic heterocycles. The van der Waals surface area contributed by atoms with E-state index in [1.54, 1.807) is 13.8 Å². The van der Waals surface area contributed by atoms with Crippen LogP contribution in [-0.2, 0) is 9.59 Å². The van der Waals surface area contributed by atoms with Crippen molar-refractivity contribution in [3.8, 4) is 0 Å². The fraction of sp³-hybridized carbons (Fsp3) is 0.857. The minimum atomic E-state index is -6.82. The first-order valence-corrected chi connectivity index (χ1v) is 7.79. The third kappa shape index (κ3) is 4.56. The summed E-state index contributed by atoms with van der Waals surface area (Å²) < 4.78 is 108. The molecule has 26 heavy (non-hydrogen) atoms. The van der Waals surface area contributed by atoms with Crippen LogP contribution >= 0.6 is 0 Å². The fourth-order valence-corrected chi connectivity index (χ4v) is 1.66. The van der Waals surface area contributed by atoms with Gasteiger partial charge in [0.2, 0.25) is 0 Å². The minimum absolute atomic E-state index is 0.0692. The third-order valence-corrected chi connectivity index (χ3v) is 3.39. The van der Waals surface area contributed by atoms with Crippen molar-refractivity contribution in [3.05, 3.63) is 0 Å². The molecule has 0 aromatic heterocycles. The van der Waals surface area contributed by atoms with E-state index in [1.165, 1.54) is 10.6 Å². The zero-order chi connectivity index (χ0) is 20.8. The van der Waals surface area contributed by atoms with Crippen molar-refractivity contribution in [2.24, 2.45) is 0 Å². The summed E-state index contributed by atoms with van der Waals surface area (Å²) in [5.41, 5.74) is 0. The topological polar surface area (TPSA) is 58.2 Å². The van der Waals surface area contributed by atoms with E-state index in [2.05, 4.69) is 0 Å². The highest BCUT2D eigenvalue weighted by molar-refractivity contribution is 5.87. The van der Waals surface area contributed by atoms with Crippen LogP contribution in [0.2, 0.25) is 0 Å². The number of amides is 2. The van der Waals surface area contributed by atoms with E-state index in [0.29, 0.717) is 12.8 Å². The standard InChI is InChI=1S/C14H20F8N2O2/c1-3-5-7-23-9(25)11(15,16)13(19,20)14(21,22)12(17,18)10(26)24-8-6-4-2/h3-8H2,1-2H3,(H,23,25)(H,24,26). The number of hydrogen-bond donors (Lipinski definition) is 2. The molecule has 0 fully saturated rings. The van der Waals surface area contributed by atoms with Gasteiger partial charge in [-0.1, -0.05) is 26.7 Å². The Balaban J connectivity index is 5.55. The number of rotatable bonds is 11. The third-order valence-electron chi connectivity index (χ3n) is 3.39. The van der Waals surface area contributed by atoms with Gasteiger partial charge in [-0.2, -0.15) is 35.1 Å². The number of carbonyl (C=O) groups excluding carboxylic acids is 2. The molecule has 0 bridgehead atoms. The van der Waals surface area contributed by atoms with Crippen LogP contribution in [-0.4, -0.2) is 48.6 Å². The molecular weight excluding hydrogens is 380 g/mol. The van der Waals surface area contributed by atoms with Gasteiger partial charge in [0.05, 0.1) is 0 Å². The van der Waals surface area contributed by atoms with E-state index in [-0.39, 0.29) is 12.8 Å². The summed E-state index contributed by atoms with van der Waals surface area (Å²) in [5.74, 6) is -31.6. The van der Waals surface area contributed by atoms with Crippen molar-refractivity contribution in [1.82, 2.24) is 10.6 Å². The number of halogens is 8. The maximum absolute atomic E-state index is 13.6. The molecule has 0 aliphatic carbocycles. The summed E-state index contributed by atoms with van der Waals surface area (Å²) >= 11 is 0. The van der Waals surface area contributed by atoms with Gasteiger partial charge in [-0.25, -0.2) is 0 Å². The summed E-state index contributed by atoms with van der Waals surface area (Å²) in [6, 6.07) is 0. The Kier molecular flexibility index (Phi) is 8.30. The number of carbonyl (C=O) groups is 2. The molecule has 0 unspecified atom stereocenters. The second-order valence-electron chi connectivity index (χ2n) is 5.52. The molecule has 0 aliphatic rings. The Bertz CT molecular complexity index is 453. The molecule has 12 heteroatoms. The van der Waals surface area contributed by atoms with E-state index < -0.39 is 48.6 Å². The number of unbranched alkanes of at least 4 members (excludes halogenated alkanes) is 2. The van der Waals surface area contributed by atoms with Crippen molar-refractivity contribution in [2.75, 3.05) is 13.1 Å². The van der Waals surface area contributed by atoms with Crippen molar-refractivity contribution in [1.29, 1.82) is 0 Å². The Morgan fingerprint density at radius 3 is 1.15 bits per heavy atom. The Morgan fingerprint density at radius 1 is 0.654 bits per heavy atom. The summed E-state index contributed by atoms with van der Waals surface area (Å²) in [5, 5.41) is 2.55. The first-order valence-electron chi connectivity index (χ1n) is 7.79. The van der Waals surface area contributed by atoms with Gasteiger partial charge in [-0.3, -0.25) is 9.59 Å². The first kappa shape index (κ1) is 24.4. The Morgan fingerprint density at radius 2 is 0.923 bits per heavy atom. The average molecular weight is 400 g/mol. The lowest BCUT2D eigenvalue weighted by atomic mass is 9.97. The molecule has 0 spiro atoms. The molecule has 0 aromatic rings. The predicted molar refractivity (Wildman–Crippen MR) is 75.6 cm³/mol. The molecule has 0 radical (unpaired) electrons. The maximum Gasteiger partial charge on any atom is 0.392 e. The molecule has 4 nitrogen and oxygen atoms in total. The van der Waals surface area contributed by atoms with Crippen molar-refractivity contribution >= 4 is 11.8 Å². The van der Waals surface area contributed by atoms with Gasteiger partial charge in [-0.15, -0.1) is 0 Å². The molecule has 0 atom stereocenters. The molecule has 0 saturated carbocycles. The molecule has 0 saturated heterocycles. The van der Waals surface area contributed by atoms with E-state index in [9.17, 15) is 44.7 Å². The first-order chi connectivity index (χ1) is 11.7. The largest absolute Gasteiger partial charge is 0.392 e. The zero-order valence-electron chi connectivity index (χ0n) is 14.1. The van der Waals surface area contributed by atoms with Crippen LogP contribution in [0, 0.1) is 0 Å². The molecule has 154 valence electrons. The van der Waals surface area contributed by atoms with Crippen LogP contribution in [0.5, 0.6) is 0 Å². The van der Waals surface area contributed by atoms with Gasteiger partial charge in [0.25, 0.3) is 11.8 Å². The SMILES string of the molecule is CCCCNC(=O)C(F)(F)C(F)(F)C(F)(F)C(F)(F)C(=O)NCCCC. The Hall–Kier alpha value is -1.62. The smallest absolute Gasteiger partial charge is 0.351 e. The molecule has 2 amide bonds. The van der Waals surface area contributed by atoms with E-state index in [0.717, 1.165) is 0 Å². The summed E-state index contributed by atoms with van der Waals surface area (Å²) in [7, 11) is 0. The van der Waals surface area contributed by atoms with Crippen LogP contribution in [0.1, 0.15) is 39.5 Å². The second kappa shape index (κ2) is 8.85. The lowest BCUT2D eigenvalue weighted by Gasteiger charge is -2.35. The van der Waals surface area contributed by atoms with Crippen molar-refractivity contribution < 1.29 is 44.7 Å². The highest BCUT2D eigenvalue weighted by atomic mass is 19.4. The van der Waals surface area contributed by atoms with Crippen molar-refractivity contribution in [2.45, 2.75) is 63.2 Å². The van der Waals surface area contributed by atoms with Gasteiger partial charge in [0.15, 0.2) is 0 Å². The van der Waals surface area contributed by atoms with Crippen LogP contribution in [0.3, 0.4) is 0 Å². The van der Waals surface area contributed by atoms with E-state index in [1.807, 2.05) is 0 Å². The number of nitrogens with one attached hydrogen (secondary N) is 2. The minimum Gasteiger partial charge on any atom is -0.351 e. The lowest BCUT2D eigenvalue weighted by molar-refractivity contribution is -0.347. The molecule has 0 heterocycles. The van der Waals surface area contributed by atoms with Crippen LogP contribution in [0.15, 0.2) is 0 Å². The monoisotopic (exact) mass is 400 g/mol. The summed E-state index contributed by atoms with van der Waals surface area (Å²) in [6.07, 6.45) is 0.850. The fourth-order valence-electron chi connectivity index (χ4n) is 1.66. The van der Waals surface area contributed by atoms with E-state index >= 15 is 0 Å². The molecule has 2 N–H and O–H groups in total. The van der Waals surface area contributed by atoms with Gasteiger partial charge >= 0.3 is 23.7 Å². The zero-order valence-corrected chi connectivity index (χ0v) is 14.1. The van der Waals surface area contributed by atoms with E-state index in [4.69, 9.17) is 0 Å². The molecule has 0 rings (SSSR count). The highest BCUT2D eigenvalue weighted by Crippen LogP contribution is 2.52. The number of hydrogen-bond acceptors (Lipinski definition) is 2. The van der Waals surface area contributed by atoms with Gasteiger partial charge in [-0.05, 0) is 12.8 Å². The quantitative estimate of drug-likeness (QED) is 0.413. The highest BCUT2D eigenvalue weighted by Gasteiger charge is 2.84. The van der Waals surface area contributed by atoms with Gasteiger partial charge in [0.1, 0.15) is 0 Å². The van der Waals surface area contributed by atoms with Gasteiger partial charge < -0.3 is 10.6 Å². The second-order valence-corrected chi connectivity index (χ2v) is 5.52. The Labute approximate surface area is 144 Å². The molecular formula is C14H20F8N2O2. The summed E-state index contributed by atoms with van der Waals surface area (Å²) in [4.78, 5) is 22.2. The lowest BCUT2D eigenvalue weighted by Crippen LogP contribution is -2.69. The van der Waals surface area contributed by atoms with Crippen molar-refractivity contribution in [3.63, 3.8) is 0 Å². The van der Waals surface area contributed by atoms with Crippen LogP contribution in [0.4, 0.5) is 35.1 Å².